The molecule has 1 amide bonds. The monoisotopic (exact) mass is 506 g/mol. The Balaban J connectivity index is 0.00000729. The normalized spacial score (nSPS) is 11.3. The van der Waals surface area contributed by atoms with Crippen LogP contribution in [0.2, 0.25) is 0 Å². The molecule has 0 aromatic heterocycles. The lowest BCUT2D eigenvalue weighted by Gasteiger charge is -2.25. The van der Waals surface area contributed by atoms with Crippen LogP contribution in [-0.4, -0.2) is 56.2 Å². The lowest BCUT2D eigenvalue weighted by atomic mass is 10.1. The van der Waals surface area contributed by atoms with Gasteiger partial charge in [0.05, 0.1) is 26.8 Å². The quantitative estimate of drug-likeness (QED) is 0.322. The maximum absolute atomic E-state index is 12.2. The molecule has 160 valence electrons. The molecule has 0 unspecified atom stereocenters. The molecular weight excluding hydrogens is 471 g/mol. The highest BCUT2D eigenvalue weighted by atomic mass is 127. The molecule has 0 aliphatic carbocycles. The fourth-order valence-electron chi connectivity index (χ4n) is 2.47. The Morgan fingerprint density at radius 2 is 1.89 bits per heavy atom. The Bertz CT molecular complexity index is 645. The molecule has 0 aliphatic heterocycles. The van der Waals surface area contributed by atoms with Crippen LogP contribution < -0.4 is 20.1 Å². The van der Waals surface area contributed by atoms with E-state index in [-0.39, 0.29) is 42.0 Å². The molecule has 0 fully saturated rings. The van der Waals surface area contributed by atoms with Gasteiger partial charge in [-0.05, 0) is 52.3 Å². The number of amides is 1. The van der Waals surface area contributed by atoms with Crippen LogP contribution in [-0.2, 0) is 11.3 Å². The SMILES string of the molecule is CCNC(=NCc1ccc(OC)c(OCC)c1)N(C)CC(=O)NC(C)(C)C.I. The van der Waals surface area contributed by atoms with Crippen molar-refractivity contribution in [2.75, 3.05) is 33.9 Å². The van der Waals surface area contributed by atoms with Gasteiger partial charge in [-0.3, -0.25) is 4.79 Å². The number of carbonyl (C=O) groups excluding carboxylic acids is 1. The predicted octanol–water partition coefficient (Wildman–Crippen LogP) is 3.02. The number of likely N-dealkylation sites (N-methyl/N-ethyl adjacent to an activating group) is 1. The first-order valence-corrected chi connectivity index (χ1v) is 9.30. The van der Waals surface area contributed by atoms with E-state index in [0.717, 1.165) is 12.1 Å². The Morgan fingerprint density at radius 1 is 1.21 bits per heavy atom. The summed E-state index contributed by atoms with van der Waals surface area (Å²) in [4.78, 5) is 18.6. The number of nitrogens with zero attached hydrogens (tertiary/aromatic N) is 2. The van der Waals surface area contributed by atoms with Gasteiger partial charge in [-0.2, -0.15) is 0 Å². The van der Waals surface area contributed by atoms with Crippen molar-refractivity contribution >= 4 is 35.8 Å². The number of methoxy groups -OCH3 is 1. The lowest BCUT2D eigenvalue weighted by Crippen LogP contribution is -2.48. The number of guanidine groups is 1. The number of hydrogen-bond acceptors (Lipinski definition) is 4. The summed E-state index contributed by atoms with van der Waals surface area (Å²) in [5, 5.41) is 6.18. The fourth-order valence-corrected chi connectivity index (χ4v) is 2.47. The molecule has 0 bridgehead atoms. The topological polar surface area (TPSA) is 75.2 Å². The van der Waals surface area contributed by atoms with Gasteiger partial charge in [-0.1, -0.05) is 6.07 Å². The van der Waals surface area contributed by atoms with Crippen LogP contribution in [0.1, 0.15) is 40.2 Å². The van der Waals surface area contributed by atoms with Crippen LogP contribution in [0.4, 0.5) is 0 Å². The highest BCUT2D eigenvalue weighted by molar-refractivity contribution is 14.0. The van der Waals surface area contributed by atoms with Crippen LogP contribution >= 0.6 is 24.0 Å². The van der Waals surface area contributed by atoms with Gasteiger partial charge in [0.1, 0.15) is 0 Å². The van der Waals surface area contributed by atoms with E-state index in [2.05, 4.69) is 15.6 Å². The van der Waals surface area contributed by atoms with Crippen molar-refractivity contribution in [2.45, 2.75) is 46.7 Å². The van der Waals surface area contributed by atoms with Crippen molar-refractivity contribution in [2.24, 2.45) is 4.99 Å². The van der Waals surface area contributed by atoms with Crippen LogP contribution in [0, 0.1) is 0 Å². The standard InChI is InChI=1S/C20H34N4O3.HI/c1-8-21-19(24(6)14-18(25)23-20(3,4)5)22-13-15-10-11-16(26-7)17(12-15)27-9-2;/h10-12H,8-9,13-14H2,1-7H3,(H,21,22)(H,23,25);1H. The van der Waals surface area contributed by atoms with Crippen molar-refractivity contribution < 1.29 is 14.3 Å². The zero-order chi connectivity index (χ0) is 20.4. The van der Waals surface area contributed by atoms with E-state index in [9.17, 15) is 4.79 Å². The first-order valence-electron chi connectivity index (χ1n) is 9.30. The lowest BCUT2D eigenvalue weighted by molar-refractivity contribution is -0.122. The number of rotatable bonds is 8. The minimum Gasteiger partial charge on any atom is -0.493 e. The second kappa shape index (κ2) is 12.7. The van der Waals surface area contributed by atoms with E-state index in [1.807, 2.05) is 64.8 Å². The first-order chi connectivity index (χ1) is 12.7. The molecule has 0 saturated carbocycles. The zero-order valence-corrected chi connectivity index (χ0v) is 20.4. The summed E-state index contributed by atoms with van der Waals surface area (Å²) in [7, 11) is 3.47. The molecule has 28 heavy (non-hydrogen) atoms. The molecule has 0 aliphatic rings. The number of benzene rings is 1. The minimum absolute atomic E-state index is 0. The summed E-state index contributed by atoms with van der Waals surface area (Å²) in [6.07, 6.45) is 0. The first kappa shape index (κ1) is 26.3. The summed E-state index contributed by atoms with van der Waals surface area (Å²) < 4.78 is 10.9. The number of hydrogen-bond donors (Lipinski definition) is 2. The van der Waals surface area contributed by atoms with Gasteiger partial charge in [0.2, 0.25) is 5.91 Å². The van der Waals surface area contributed by atoms with Crippen molar-refractivity contribution in [3.8, 4) is 11.5 Å². The molecule has 7 nitrogen and oxygen atoms in total. The maximum Gasteiger partial charge on any atom is 0.240 e. The average Bonchev–Trinajstić information content (AvgIpc) is 2.57. The van der Waals surface area contributed by atoms with Crippen molar-refractivity contribution in [3.63, 3.8) is 0 Å². The van der Waals surface area contributed by atoms with Gasteiger partial charge in [-0.15, -0.1) is 24.0 Å². The average molecular weight is 506 g/mol. The number of halogens is 1. The minimum atomic E-state index is -0.258. The fraction of sp³-hybridized carbons (Fsp3) is 0.600. The zero-order valence-electron chi connectivity index (χ0n) is 18.1. The van der Waals surface area contributed by atoms with Crippen molar-refractivity contribution in [1.29, 1.82) is 0 Å². The Labute approximate surface area is 186 Å². The van der Waals surface area contributed by atoms with Gasteiger partial charge in [0.25, 0.3) is 0 Å². The van der Waals surface area contributed by atoms with Gasteiger partial charge in [0.15, 0.2) is 17.5 Å². The van der Waals surface area contributed by atoms with Crippen LogP contribution in [0.3, 0.4) is 0 Å². The van der Waals surface area contributed by atoms with Gasteiger partial charge < -0.3 is 25.0 Å². The largest absolute Gasteiger partial charge is 0.493 e. The number of aliphatic imine (C=N–C) groups is 1. The van der Waals surface area contributed by atoms with E-state index >= 15 is 0 Å². The molecule has 1 rings (SSSR count). The summed E-state index contributed by atoms with van der Waals surface area (Å²) in [6, 6.07) is 5.77. The van der Waals surface area contributed by atoms with Crippen molar-refractivity contribution in [1.82, 2.24) is 15.5 Å². The highest BCUT2D eigenvalue weighted by Gasteiger charge is 2.16. The van der Waals surface area contributed by atoms with Gasteiger partial charge in [0, 0.05) is 19.1 Å². The van der Waals surface area contributed by atoms with Gasteiger partial charge in [-0.25, -0.2) is 4.99 Å². The molecule has 0 atom stereocenters. The van der Waals surface area contributed by atoms with E-state index in [1.54, 1.807) is 7.11 Å². The van der Waals surface area contributed by atoms with E-state index in [1.165, 1.54) is 0 Å². The smallest absolute Gasteiger partial charge is 0.240 e. The molecule has 0 saturated heterocycles. The van der Waals surface area contributed by atoms with E-state index in [0.29, 0.717) is 30.6 Å². The molecule has 2 N–H and O–H groups in total. The third kappa shape index (κ3) is 9.48. The Morgan fingerprint density at radius 3 is 2.43 bits per heavy atom. The van der Waals surface area contributed by atoms with Crippen LogP contribution in [0.5, 0.6) is 11.5 Å². The summed E-state index contributed by atoms with van der Waals surface area (Å²) in [5.41, 5.74) is 0.744. The summed E-state index contributed by atoms with van der Waals surface area (Å²) in [5.74, 6) is 2.04. The Kier molecular flexibility index (Phi) is 11.9. The van der Waals surface area contributed by atoms with E-state index < -0.39 is 0 Å². The number of ether oxygens (including phenoxy) is 2. The highest BCUT2D eigenvalue weighted by Crippen LogP contribution is 2.28. The van der Waals surface area contributed by atoms with Crippen LogP contribution in [0.25, 0.3) is 0 Å². The maximum atomic E-state index is 12.2. The van der Waals surface area contributed by atoms with Gasteiger partial charge >= 0.3 is 0 Å². The number of carbonyl (C=O) groups is 1. The van der Waals surface area contributed by atoms with Crippen molar-refractivity contribution in [3.05, 3.63) is 23.8 Å². The predicted molar refractivity (Wildman–Crippen MR) is 125 cm³/mol. The third-order valence-corrected chi connectivity index (χ3v) is 3.53. The number of nitrogens with one attached hydrogen (secondary N) is 2. The summed E-state index contributed by atoms with van der Waals surface area (Å²) >= 11 is 0. The summed E-state index contributed by atoms with van der Waals surface area (Å²) in [6.45, 7) is 11.8. The third-order valence-electron chi connectivity index (χ3n) is 3.53. The van der Waals surface area contributed by atoms with Crippen LogP contribution in [0.15, 0.2) is 23.2 Å². The molecule has 8 heteroatoms. The molecule has 1 aromatic rings. The molecule has 0 heterocycles. The molecule has 0 spiro atoms. The second-order valence-electron chi connectivity index (χ2n) is 7.24. The molecule has 0 radical (unpaired) electrons. The second-order valence-corrected chi connectivity index (χ2v) is 7.24. The molecule has 1 aromatic carbocycles. The Hall–Kier alpha value is -1.71. The molecular formula is C20H35IN4O3. The van der Waals surface area contributed by atoms with E-state index in [4.69, 9.17) is 9.47 Å².